The van der Waals surface area contributed by atoms with Crippen LogP contribution < -0.4 is 15.1 Å². The lowest BCUT2D eigenvalue weighted by Crippen LogP contribution is -2.48. The number of carbonyl (C=O) groups excluding carboxylic acids is 1. The molecule has 12 nitrogen and oxygen atoms in total. The molecule has 3 aromatic heterocycles. The number of benzene rings is 1. The molecule has 0 saturated carbocycles. The van der Waals surface area contributed by atoms with Gasteiger partial charge in [-0.25, -0.2) is 18.4 Å². The van der Waals surface area contributed by atoms with Crippen LogP contribution in [0, 0.1) is 0 Å². The minimum Gasteiger partial charge on any atom is -0.378 e. The van der Waals surface area contributed by atoms with Crippen molar-refractivity contribution in [3.63, 3.8) is 0 Å². The molecule has 7 rings (SSSR count). The Bertz CT molecular complexity index is 1880. The van der Waals surface area contributed by atoms with Crippen molar-refractivity contribution < 1.29 is 17.9 Å². The summed E-state index contributed by atoms with van der Waals surface area (Å²) in [5, 5.41) is 5.33. The SMILES string of the molecule is CC(C)(C(=O)Nc1ccc(-c2cc3c(N4CCOCC4)ncnc3[nH]2)cc1)c1cc(N2CCCC(N3CC=CS3(=O)=O)C2)ccn1. The van der Waals surface area contributed by atoms with E-state index in [9.17, 15) is 13.2 Å². The van der Waals surface area contributed by atoms with Crippen LogP contribution in [0.2, 0.25) is 0 Å². The zero-order valence-electron chi connectivity index (χ0n) is 26.0. The number of carbonyl (C=O) groups is 1. The molecule has 3 aliphatic rings. The Balaban J connectivity index is 1.04. The molecule has 0 aliphatic carbocycles. The summed E-state index contributed by atoms with van der Waals surface area (Å²) in [5.74, 6) is 0.725. The van der Waals surface area contributed by atoms with Crippen molar-refractivity contribution in [2.24, 2.45) is 0 Å². The lowest BCUT2D eigenvalue weighted by atomic mass is 9.87. The molecular formula is C33H38N8O4S. The van der Waals surface area contributed by atoms with Gasteiger partial charge in [0.2, 0.25) is 15.9 Å². The highest BCUT2D eigenvalue weighted by molar-refractivity contribution is 7.92. The van der Waals surface area contributed by atoms with E-state index in [4.69, 9.17) is 4.74 Å². The van der Waals surface area contributed by atoms with Crippen LogP contribution in [0.1, 0.15) is 32.4 Å². The first-order chi connectivity index (χ1) is 22.2. The van der Waals surface area contributed by atoms with E-state index in [0.717, 1.165) is 66.3 Å². The number of morpholine rings is 1. The molecule has 6 heterocycles. The Morgan fingerprint density at radius 2 is 1.83 bits per heavy atom. The van der Waals surface area contributed by atoms with E-state index in [1.54, 1.807) is 22.9 Å². The van der Waals surface area contributed by atoms with E-state index in [-0.39, 0.29) is 11.9 Å². The maximum atomic E-state index is 13.6. The second-order valence-electron chi connectivity index (χ2n) is 12.5. The van der Waals surface area contributed by atoms with E-state index < -0.39 is 15.4 Å². The molecule has 2 saturated heterocycles. The van der Waals surface area contributed by atoms with Gasteiger partial charge in [-0.05, 0) is 62.6 Å². The number of piperidine rings is 1. The van der Waals surface area contributed by atoms with Crippen molar-refractivity contribution in [3.8, 4) is 11.3 Å². The Morgan fingerprint density at radius 1 is 1.02 bits per heavy atom. The Morgan fingerprint density at radius 3 is 2.59 bits per heavy atom. The second-order valence-corrected chi connectivity index (χ2v) is 14.3. The Hall–Kier alpha value is -4.33. The summed E-state index contributed by atoms with van der Waals surface area (Å²) in [7, 11) is -3.35. The van der Waals surface area contributed by atoms with Crippen LogP contribution in [-0.4, -0.2) is 90.5 Å². The van der Waals surface area contributed by atoms with Crippen molar-refractivity contribution in [2.75, 3.05) is 61.1 Å². The number of pyridine rings is 1. The summed E-state index contributed by atoms with van der Waals surface area (Å²) in [6, 6.07) is 13.6. The van der Waals surface area contributed by atoms with Gasteiger partial charge >= 0.3 is 0 Å². The lowest BCUT2D eigenvalue weighted by molar-refractivity contribution is -0.120. The number of rotatable bonds is 7. The maximum Gasteiger partial charge on any atom is 0.236 e. The van der Waals surface area contributed by atoms with Crippen LogP contribution in [0.3, 0.4) is 0 Å². The predicted octanol–water partition coefficient (Wildman–Crippen LogP) is 3.90. The standard InChI is InChI=1S/C33H38N8O4S/c1-33(2,29-19-25(10-11-34-29)40-12-3-5-26(21-40)41-13-4-18-46(41,43)44)32(42)37-24-8-6-23(7-9-24)28-20-27-30(38-28)35-22-36-31(27)39-14-16-45-17-15-39/h4,6-11,18-20,22,26H,3,5,12-17,21H2,1-2H3,(H,37,42)(H,35,36,38). The number of nitrogens with zero attached hydrogens (tertiary/aromatic N) is 6. The van der Waals surface area contributed by atoms with Crippen LogP contribution >= 0.6 is 0 Å². The van der Waals surface area contributed by atoms with Crippen LogP contribution in [0.4, 0.5) is 17.2 Å². The predicted molar refractivity (Wildman–Crippen MR) is 178 cm³/mol. The van der Waals surface area contributed by atoms with Gasteiger partial charge in [0.25, 0.3) is 0 Å². The average Bonchev–Trinajstić information content (AvgIpc) is 3.68. The molecule has 1 aromatic carbocycles. The molecule has 0 spiro atoms. The van der Waals surface area contributed by atoms with Crippen molar-refractivity contribution >= 4 is 44.2 Å². The van der Waals surface area contributed by atoms with E-state index >= 15 is 0 Å². The zero-order chi connectivity index (χ0) is 31.9. The molecule has 1 unspecified atom stereocenters. The molecular weight excluding hydrogens is 604 g/mol. The number of H-pyrrole nitrogens is 1. The molecule has 13 heteroatoms. The third-order valence-corrected chi connectivity index (χ3v) is 10.8. The number of aromatic amines is 1. The first kappa shape index (κ1) is 30.3. The Kier molecular flexibility index (Phi) is 7.99. The third-order valence-electron chi connectivity index (χ3n) is 9.17. The normalized spacial score (nSPS) is 20.3. The van der Waals surface area contributed by atoms with Crippen molar-refractivity contribution in [1.29, 1.82) is 0 Å². The van der Waals surface area contributed by atoms with E-state index in [1.165, 1.54) is 5.41 Å². The van der Waals surface area contributed by atoms with Gasteiger partial charge in [-0.15, -0.1) is 0 Å². The summed E-state index contributed by atoms with van der Waals surface area (Å²) >= 11 is 0. The highest BCUT2D eigenvalue weighted by Crippen LogP contribution is 2.32. The first-order valence-electron chi connectivity index (χ1n) is 15.7. The van der Waals surface area contributed by atoms with E-state index in [1.807, 2.05) is 50.2 Å². The van der Waals surface area contributed by atoms with Gasteiger partial charge in [0, 0.05) is 67.4 Å². The van der Waals surface area contributed by atoms with Gasteiger partial charge < -0.3 is 24.8 Å². The Labute approximate surface area is 268 Å². The number of ether oxygens (including phenoxy) is 1. The fourth-order valence-corrected chi connectivity index (χ4v) is 7.80. The molecule has 0 bridgehead atoms. The smallest absolute Gasteiger partial charge is 0.236 e. The van der Waals surface area contributed by atoms with Gasteiger partial charge in [-0.2, -0.15) is 4.31 Å². The molecule has 0 radical (unpaired) electrons. The molecule has 240 valence electrons. The van der Waals surface area contributed by atoms with Crippen LogP contribution in [0.25, 0.3) is 22.3 Å². The molecule has 3 aliphatic heterocycles. The largest absolute Gasteiger partial charge is 0.378 e. The number of nitrogens with one attached hydrogen (secondary N) is 2. The average molecular weight is 643 g/mol. The van der Waals surface area contributed by atoms with Crippen molar-refractivity contribution in [1.82, 2.24) is 24.2 Å². The number of anilines is 3. The van der Waals surface area contributed by atoms with Gasteiger partial charge in [-0.1, -0.05) is 18.2 Å². The molecule has 1 amide bonds. The van der Waals surface area contributed by atoms with E-state index in [2.05, 4.69) is 41.1 Å². The number of hydrogen-bond donors (Lipinski definition) is 2. The maximum absolute atomic E-state index is 13.6. The topological polar surface area (TPSA) is 137 Å². The molecule has 46 heavy (non-hydrogen) atoms. The van der Waals surface area contributed by atoms with Crippen molar-refractivity contribution in [2.45, 2.75) is 38.1 Å². The number of hydrogen-bond acceptors (Lipinski definition) is 9. The number of aromatic nitrogens is 4. The van der Waals surface area contributed by atoms with Crippen LogP contribution in [0.15, 0.2) is 66.5 Å². The highest BCUT2D eigenvalue weighted by Gasteiger charge is 2.35. The third kappa shape index (κ3) is 5.85. The molecule has 4 aromatic rings. The highest BCUT2D eigenvalue weighted by atomic mass is 32.2. The van der Waals surface area contributed by atoms with Crippen LogP contribution in [-0.2, 0) is 25.0 Å². The summed E-state index contributed by atoms with van der Waals surface area (Å²) in [6.07, 6.45) is 6.72. The fourth-order valence-electron chi connectivity index (χ4n) is 6.44. The summed E-state index contributed by atoms with van der Waals surface area (Å²) in [5.41, 5.74) is 4.01. The van der Waals surface area contributed by atoms with E-state index in [0.29, 0.717) is 37.7 Å². The van der Waals surface area contributed by atoms with Gasteiger partial charge in [0.1, 0.15) is 17.8 Å². The van der Waals surface area contributed by atoms with Gasteiger partial charge in [0.05, 0.1) is 29.7 Å². The lowest BCUT2D eigenvalue weighted by Gasteiger charge is -2.38. The molecule has 1 atom stereocenters. The minimum atomic E-state index is -3.35. The van der Waals surface area contributed by atoms with Gasteiger partial charge in [-0.3, -0.25) is 9.78 Å². The fraction of sp³-hybridized carbons (Fsp3) is 0.394. The first-order valence-corrected chi connectivity index (χ1v) is 17.2. The summed E-state index contributed by atoms with van der Waals surface area (Å²) in [6.45, 7) is 8.50. The quantitative estimate of drug-likeness (QED) is 0.308. The summed E-state index contributed by atoms with van der Waals surface area (Å²) < 4.78 is 32.0. The van der Waals surface area contributed by atoms with Gasteiger partial charge in [0.15, 0.2) is 0 Å². The minimum absolute atomic E-state index is 0.0891. The monoisotopic (exact) mass is 642 g/mol. The second kappa shape index (κ2) is 12.1. The van der Waals surface area contributed by atoms with Crippen molar-refractivity contribution in [3.05, 3.63) is 72.2 Å². The molecule has 2 fully saturated rings. The number of fused-ring (bicyclic) bond motifs is 1. The number of amides is 1. The molecule has 2 N–H and O–H groups in total. The zero-order valence-corrected chi connectivity index (χ0v) is 26.8. The van der Waals surface area contributed by atoms with Crippen LogP contribution in [0.5, 0.6) is 0 Å². The summed E-state index contributed by atoms with van der Waals surface area (Å²) in [4.78, 5) is 35.0. The number of sulfonamides is 1.